The van der Waals surface area contributed by atoms with E-state index in [1.165, 1.54) is 6.26 Å². The van der Waals surface area contributed by atoms with Gasteiger partial charge in [0.2, 0.25) is 0 Å². The van der Waals surface area contributed by atoms with Crippen molar-refractivity contribution < 1.29 is 13.5 Å². The van der Waals surface area contributed by atoms with Crippen LogP contribution in [0.3, 0.4) is 0 Å². The first-order chi connectivity index (χ1) is 8.79. The Kier molecular flexibility index (Phi) is 3.37. The lowest BCUT2D eigenvalue weighted by atomic mass is 10.00. The van der Waals surface area contributed by atoms with E-state index in [0.717, 1.165) is 22.3 Å². The molecule has 0 aliphatic rings. The quantitative estimate of drug-likeness (QED) is 0.917. The number of aryl methyl sites for hydroxylation is 2. The van der Waals surface area contributed by atoms with E-state index in [9.17, 15) is 13.5 Å². The van der Waals surface area contributed by atoms with Crippen molar-refractivity contribution in [1.82, 2.24) is 0 Å². The predicted octanol–water partition coefficient (Wildman–Crippen LogP) is 3.08. The van der Waals surface area contributed by atoms with Gasteiger partial charge in [-0.2, -0.15) is 0 Å². The fourth-order valence-corrected chi connectivity index (χ4v) is 2.65. The van der Waals surface area contributed by atoms with Gasteiger partial charge in [-0.05, 0) is 60.4 Å². The normalized spacial score (nSPS) is 11.5. The molecule has 0 heterocycles. The number of hydrogen-bond acceptors (Lipinski definition) is 3. The second-order valence-corrected chi connectivity index (χ2v) is 6.77. The van der Waals surface area contributed by atoms with Crippen molar-refractivity contribution in [2.75, 3.05) is 6.26 Å². The van der Waals surface area contributed by atoms with Crippen LogP contribution in [0.5, 0.6) is 5.75 Å². The summed E-state index contributed by atoms with van der Waals surface area (Å²) in [5.41, 5.74) is 3.51. The highest BCUT2D eigenvalue weighted by atomic mass is 32.2. The first-order valence-electron chi connectivity index (χ1n) is 5.90. The Morgan fingerprint density at radius 2 is 1.37 bits per heavy atom. The highest BCUT2D eigenvalue weighted by molar-refractivity contribution is 7.90. The number of phenolic OH excluding ortho intramolecular Hbond substituents is 1. The molecule has 2 rings (SSSR count). The highest BCUT2D eigenvalue weighted by Gasteiger charge is 2.08. The standard InChI is InChI=1S/C15H16O3S/c1-10-8-13(9-11(2)15(10)16)12-4-6-14(7-5-12)19(3,17)18/h4-9,16H,1-3H3. The molecule has 0 saturated heterocycles. The summed E-state index contributed by atoms with van der Waals surface area (Å²) >= 11 is 0. The van der Waals surface area contributed by atoms with E-state index in [1.54, 1.807) is 24.3 Å². The number of hydrogen-bond donors (Lipinski definition) is 1. The Balaban J connectivity index is 2.49. The number of aromatic hydroxyl groups is 1. The average Bonchev–Trinajstić information content (AvgIpc) is 2.34. The van der Waals surface area contributed by atoms with Gasteiger partial charge in [-0.15, -0.1) is 0 Å². The van der Waals surface area contributed by atoms with Crippen LogP contribution in [0.4, 0.5) is 0 Å². The third-order valence-electron chi connectivity index (χ3n) is 3.11. The van der Waals surface area contributed by atoms with Crippen LogP contribution in [0.25, 0.3) is 11.1 Å². The van der Waals surface area contributed by atoms with Gasteiger partial charge in [0, 0.05) is 6.26 Å². The lowest BCUT2D eigenvalue weighted by molar-refractivity contribution is 0.467. The molecule has 0 radical (unpaired) electrons. The third-order valence-corrected chi connectivity index (χ3v) is 4.24. The molecule has 0 amide bonds. The van der Waals surface area contributed by atoms with Gasteiger partial charge in [-0.1, -0.05) is 12.1 Å². The zero-order valence-electron chi connectivity index (χ0n) is 11.1. The van der Waals surface area contributed by atoms with Crippen molar-refractivity contribution >= 4 is 9.84 Å². The number of sulfone groups is 1. The van der Waals surface area contributed by atoms with Gasteiger partial charge in [0.1, 0.15) is 5.75 Å². The van der Waals surface area contributed by atoms with E-state index in [1.807, 2.05) is 26.0 Å². The highest BCUT2D eigenvalue weighted by Crippen LogP contribution is 2.29. The largest absolute Gasteiger partial charge is 0.507 e. The van der Waals surface area contributed by atoms with Crippen molar-refractivity contribution in [2.45, 2.75) is 18.7 Å². The summed E-state index contributed by atoms with van der Waals surface area (Å²) in [7, 11) is -3.16. The number of rotatable bonds is 2. The number of benzene rings is 2. The average molecular weight is 276 g/mol. The summed E-state index contributed by atoms with van der Waals surface area (Å²) in [5, 5.41) is 9.75. The van der Waals surface area contributed by atoms with Crippen LogP contribution in [-0.2, 0) is 9.84 Å². The molecule has 2 aromatic rings. The molecule has 19 heavy (non-hydrogen) atoms. The molecule has 0 aromatic heterocycles. The van der Waals surface area contributed by atoms with E-state index >= 15 is 0 Å². The van der Waals surface area contributed by atoms with Crippen LogP contribution in [0.15, 0.2) is 41.3 Å². The second-order valence-electron chi connectivity index (χ2n) is 4.76. The van der Waals surface area contributed by atoms with Gasteiger partial charge in [0.25, 0.3) is 0 Å². The molecule has 3 nitrogen and oxygen atoms in total. The van der Waals surface area contributed by atoms with Crippen LogP contribution >= 0.6 is 0 Å². The Morgan fingerprint density at radius 1 is 0.895 bits per heavy atom. The smallest absolute Gasteiger partial charge is 0.175 e. The Labute approximate surface area is 113 Å². The van der Waals surface area contributed by atoms with Crippen molar-refractivity contribution in [1.29, 1.82) is 0 Å². The van der Waals surface area contributed by atoms with Gasteiger partial charge in [-0.25, -0.2) is 8.42 Å². The minimum atomic E-state index is -3.16. The van der Waals surface area contributed by atoms with Crippen LogP contribution in [0, 0.1) is 13.8 Å². The minimum Gasteiger partial charge on any atom is -0.507 e. The van der Waals surface area contributed by atoms with Crippen molar-refractivity contribution in [2.24, 2.45) is 0 Å². The van der Waals surface area contributed by atoms with E-state index in [2.05, 4.69) is 0 Å². The molecule has 0 fully saturated rings. The lowest BCUT2D eigenvalue weighted by Crippen LogP contribution is -1.96. The van der Waals surface area contributed by atoms with E-state index in [-0.39, 0.29) is 0 Å². The van der Waals surface area contributed by atoms with Crippen LogP contribution in [0.2, 0.25) is 0 Å². The van der Waals surface area contributed by atoms with Crippen LogP contribution in [-0.4, -0.2) is 19.8 Å². The molecular weight excluding hydrogens is 260 g/mol. The second kappa shape index (κ2) is 4.70. The topological polar surface area (TPSA) is 54.4 Å². The summed E-state index contributed by atoms with van der Waals surface area (Å²) in [4.78, 5) is 0.309. The van der Waals surface area contributed by atoms with Gasteiger partial charge in [0.05, 0.1) is 4.90 Å². The molecule has 1 N–H and O–H groups in total. The molecule has 0 spiro atoms. The van der Waals surface area contributed by atoms with Gasteiger partial charge < -0.3 is 5.11 Å². The van der Waals surface area contributed by atoms with Crippen molar-refractivity contribution in [3.05, 3.63) is 47.5 Å². The first-order valence-corrected chi connectivity index (χ1v) is 7.79. The van der Waals surface area contributed by atoms with Gasteiger partial charge in [0.15, 0.2) is 9.84 Å². The monoisotopic (exact) mass is 276 g/mol. The first kappa shape index (κ1) is 13.6. The molecular formula is C15H16O3S. The molecule has 2 aromatic carbocycles. The molecule has 0 atom stereocenters. The zero-order valence-corrected chi connectivity index (χ0v) is 12.0. The maximum Gasteiger partial charge on any atom is 0.175 e. The summed E-state index contributed by atoms with van der Waals surface area (Å²) in [6, 6.07) is 10.5. The molecule has 0 aliphatic carbocycles. The van der Waals surface area contributed by atoms with Gasteiger partial charge >= 0.3 is 0 Å². The SMILES string of the molecule is Cc1cc(-c2ccc(S(C)(=O)=O)cc2)cc(C)c1O. The maximum absolute atomic E-state index is 11.4. The molecule has 0 bridgehead atoms. The summed E-state index contributed by atoms with van der Waals surface area (Å²) in [6.07, 6.45) is 1.19. The number of phenols is 1. The third kappa shape index (κ3) is 2.79. The fraction of sp³-hybridized carbons (Fsp3) is 0.200. The summed E-state index contributed by atoms with van der Waals surface area (Å²) < 4.78 is 22.8. The Bertz CT molecular complexity index is 691. The molecule has 0 unspecified atom stereocenters. The van der Waals surface area contributed by atoms with Crippen LogP contribution in [0.1, 0.15) is 11.1 Å². The zero-order chi connectivity index (χ0) is 14.2. The fourth-order valence-electron chi connectivity index (χ4n) is 2.02. The maximum atomic E-state index is 11.4. The summed E-state index contributed by atoms with van der Waals surface area (Å²) in [6.45, 7) is 3.69. The Morgan fingerprint density at radius 3 is 1.79 bits per heavy atom. The Hall–Kier alpha value is -1.81. The van der Waals surface area contributed by atoms with Crippen molar-refractivity contribution in [3.8, 4) is 16.9 Å². The minimum absolute atomic E-state index is 0.302. The predicted molar refractivity (Wildman–Crippen MR) is 76.1 cm³/mol. The molecule has 100 valence electrons. The van der Waals surface area contributed by atoms with Gasteiger partial charge in [-0.3, -0.25) is 0 Å². The molecule has 4 heteroatoms. The van der Waals surface area contributed by atoms with Crippen molar-refractivity contribution in [3.63, 3.8) is 0 Å². The van der Waals surface area contributed by atoms with E-state index in [4.69, 9.17) is 0 Å². The molecule has 0 saturated carbocycles. The summed E-state index contributed by atoms with van der Waals surface area (Å²) in [5.74, 6) is 0.302. The van der Waals surface area contributed by atoms with E-state index in [0.29, 0.717) is 10.6 Å². The molecule has 0 aliphatic heterocycles. The lowest BCUT2D eigenvalue weighted by Gasteiger charge is -2.08. The van der Waals surface area contributed by atoms with E-state index < -0.39 is 9.84 Å². The van der Waals surface area contributed by atoms with Crippen LogP contribution < -0.4 is 0 Å².